The Labute approximate surface area is 111 Å². The van der Waals surface area contributed by atoms with Crippen LogP contribution in [0.1, 0.15) is 13.3 Å². The summed E-state index contributed by atoms with van der Waals surface area (Å²) in [5.41, 5.74) is 0.909. The van der Waals surface area contributed by atoms with E-state index in [1.807, 2.05) is 35.2 Å². The van der Waals surface area contributed by atoms with E-state index in [4.69, 9.17) is 4.52 Å². The molecule has 0 unspecified atom stereocenters. The van der Waals surface area contributed by atoms with Crippen LogP contribution in [0.25, 0.3) is 11.5 Å². The SMILES string of the molecule is C[C@@H]1CCN(c2noc(-c3ccccc3)n2)C[C@H]1O. The molecular formula is C14H17N3O2. The topological polar surface area (TPSA) is 62.4 Å². The van der Waals surface area contributed by atoms with Crippen LogP contribution in [0.2, 0.25) is 0 Å². The molecule has 2 atom stereocenters. The fraction of sp³-hybridized carbons (Fsp3) is 0.429. The van der Waals surface area contributed by atoms with Crippen LogP contribution in [-0.4, -0.2) is 34.4 Å². The van der Waals surface area contributed by atoms with Crippen LogP contribution in [0.3, 0.4) is 0 Å². The molecule has 0 amide bonds. The molecule has 0 radical (unpaired) electrons. The molecule has 5 heteroatoms. The Balaban J connectivity index is 1.79. The van der Waals surface area contributed by atoms with Gasteiger partial charge >= 0.3 is 0 Å². The molecule has 100 valence electrons. The van der Waals surface area contributed by atoms with Crippen LogP contribution in [0.4, 0.5) is 5.95 Å². The van der Waals surface area contributed by atoms with Gasteiger partial charge in [-0.25, -0.2) is 0 Å². The number of benzene rings is 1. The highest BCUT2D eigenvalue weighted by Crippen LogP contribution is 2.24. The summed E-state index contributed by atoms with van der Waals surface area (Å²) in [5.74, 6) is 1.41. The largest absolute Gasteiger partial charge is 0.391 e. The lowest BCUT2D eigenvalue weighted by atomic mass is 9.96. The number of hydrogen-bond donors (Lipinski definition) is 1. The van der Waals surface area contributed by atoms with Crippen molar-refractivity contribution in [2.24, 2.45) is 5.92 Å². The number of aliphatic hydroxyl groups is 1. The number of nitrogens with zero attached hydrogens (tertiary/aromatic N) is 3. The Bertz CT molecular complexity index is 541. The molecule has 1 saturated heterocycles. The van der Waals surface area contributed by atoms with E-state index in [1.54, 1.807) is 0 Å². The molecule has 0 aliphatic carbocycles. The number of anilines is 1. The van der Waals surface area contributed by atoms with E-state index in [2.05, 4.69) is 17.1 Å². The molecule has 3 rings (SSSR count). The highest BCUT2D eigenvalue weighted by molar-refractivity contribution is 5.54. The van der Waals surface area contributed by atoms with E-state index < -0.39 is 0 Å². The third-order valence-electron chi connectivity index (χ3n) is 3.64. The predicted molar refractivity (Wildman–Crippen MR) is 71.7 cm³/mol. The van der Waals surface area contributed by atoms with E-state index in [9.17, 15) is 5.11 Å². The summed E-state index contributed by atoms with van der Waals surface area (Å²) in [5, 5.41) is 13.9. The Hall–Kier alpha value is -1.88. The van der Waals surface area contributed by atoms with Crippen molar-refractivity contribution >= 4 is 5.95 Å². The van der Waals surface area contributed by atoms with Gasteiger partial charge in [-0.2, -0.15) is 4.98 Å². The van der Waals surface area contributed by atoms with Crippen LogP contribution in [0.15, 0.2) is 34.9 Å². The van der Waals surface area contributed by atoms with Gasteiger partial charge < -0.3 is 14.5 Å². The summed E-state index contributed by atoms with van der Waals surface area (Å²) in [4.78, 5) is 6.37. The Morgan fingerprint density at radius 3 is 2.84 bits per heavy atom. The number of aromatic nitrogens is 2. The Morgan fingerprint density at radius 1 is 1.32 bits per heavy atom. The first-order chi connectivity index (χ1) is 9.24. The van der Waals surface area contributed by atoms with Crippen LogP contribution in [0.5, 0.6) is 0 Å². The summed E-state index contributed by atoms with van der Waals surface area (Å²) < 4.78 is 5.28. The molecule has 0 saturated carbocycles. The van der Waals surface area contributed by atoms with Gasteiger partial charge in [0.15, 0.2) is 0 Å². The number of hydrogen-bond acceptors (Lipinski definition) is 5. The van der Waals surface area contributed by atoms with Crippen LogP contribution in [-0.2, 0) is 0 Å². The fourth-order valence-corrected chi connectivity index (χ4v) is 2.27. The Kier molecular flexibility index (Phi) is 3.21. The van der Waals surface area contributed by atoms with Gasteiger partial charge in [-0.15, -0.1) is 0 Å². The zero-order valence-corrected chi connectivity index (χ0v) is 10.9. The molecule has 1 aromatic carbocycles. The van der Waals surface area contributed by atoms with Crippen molar-refractivity contribution in [1.29, 1.82) is 0 Å². The zero-order valence-electron chi connectivity index (χ0n) is 10.9. The lowest BCUT2D eigenvalue weighted by molar-refractivity contribution is 0.102. The second kappa shape index (κ2) is 5.01. The molecule has 19 heavy (non-hydrogen) atoms. The molecular weight excluding hydrogens is 242 g/mol. The molecule has 1 aliphatic rings. The second-order valence-electron chi connectivity index (χ2n) is 5.04. The minimum Gasteiger partial charge on any atom is -0.391 e. The molecule has 1 aromatic heterocycles. The molecule has 0 bridgehead atoms. The lowest BCUT2D eigenvalue weighted by Crippen LogP contribution is -2.43. The molecule has 2 heterocycles. The maximum atomic E-state index is 9.91. The van der Waals surface area contributed by atoms with Crippen molar-refractivity contribution in [2.75, 3.05) is 18.0 Å². The van der Waals surface area contributed by atoms with Crippen molar-refractivity contribution in [2.45, 2.75) is 19.4 Å². The van der Waals surface area contributed by atoms with Gasteiger partial charge in [0.05, 0.1) is 6.10 Å². The van der Waals surface area contributed by atoms with E-state index in [-0.39, 0.29) is 6.10 Å². The third kappa shape index (κ3) is 2.46. The third-order valence-corrected chi connectivity index (χ3v) is 3.64. The standard InChI is InChI=1S/C14H17N3O2/c1-10-7-8-17(9-12(10)18)14-15-13(19-16-14)11-5-3-2-4-6-11/h2-6,10,12,18H,7-9H2,1H3/t10-,12-/m1/s1. The van der Waals surface area contributed by atoms with Crippen molar-refractivity contribution < 1.29 is 9.63 Å². The van der Waals surface area contributed by atoms with Crippen molar-refractivity contribution in [3.63, 3.8) is 0 Å². The maximum absolute atomic E-state index is 9.91. The van der Waals surface area contributed by atoms with Gasteiger partial charge in [-0.3, -0.25) is 0 Å². The lowest BCUT2D eigenvalue weighted by Gasteiger charge is -2.33. The first-order valence-corrected chi connectivity index (χ1v) is 6.56. The van der Waals surface area contributed by atoms with Crippen molar-refractivity contribution in [3.8, 4) is 11.5 Å². The molecule has 1 aliphatic heterocycles. The summed E-state index contributed by atoms with van der Waals surface area (Å²) in [7, 11) is 0. The predicted octanol–water partition coefficient (Wildman–Crippen LogP) is 1.94. The van der Waals surface area contributed by atoms with E-state index >= 15 is 0 Å². The highest BCUT2D eigenvalue weighted by atomic mass is 16.5. The van der Waals surface area contributed by atoms with Gasteiger partial charge in [0.1, 0.15) is 0 Å². The summed E-state index contributed by atoms with van der Waals surface area (Å²) in [6, 6.07) is 9.69. The van der Waals surface area contributed by atoms with Gasteiger partial charge in [0.25, 0.3) is 11.8 Å². The van der Waals surface area contributed by atoms with Crippen LogP contribution in [0, 0.1) is 5.92 Å². The number of piperidine rings is 1. The maximum Gasteiger partial charge on any atom is 0.266 e. The Morgan fingerprint density at radius 2 is 2.11 bits per heavy atom. The van der Waals surface area contributed by atoms with E-state index in [1.165, 1.54) is 0 Å². The van der Waals surface area contributed by atoms with Gasteiger partial charge in [0.2, 0.25) is 0 Å². The summed E-state index contributed by atoms with van der Waals surface area (Å²) in [6.45, 7) is 3.48. The van der Waals surface area contributed by atoms with Crippen molar-refractivity contribution in [3.05, 3.63) is 30.3 Å². The van der Waals surface area contributed by atoms with E-state index in [0.29, 0.717) is 24.3 Å². The second-order valence-corrected chi connectivity index (χ2v) is 5.04. The van der Waals surface area contributed by atoms with Gasteiger partial charge in [0, 0.05) is 18.7 Å². The first-order valence-electron chi connectivity index (χ1n) is 6.56. The van der Waals surface area contributed by atoms with Crippen molar-refractivity contribution in [1.82, 2.24) is 10.1 Å². The zero-order chi connectivity index (χ0) is 13.2. The average Bonchev–Trinajstić information content (AvgIpc) is 2.93. The fourth-order valence-electron chi connectivity index (χ4n) is 2.27. The highest BCUT2D eigenvalue weighted by Gasteiger charge is 2.27. The molecule has 1 fully saturated rings. The quantitative estimate of drug-likeness (QED) is 0.893. The number of β-amino-alcohol motifs (C(OH)–C–C–N with tert-alkyl or cyclic N) is 1. The van der Waals surface area contributed by atoms with Crippen LogP contribution >= 0.6 is 0 Å². The number of aliphatic hydroxyl groups excluding tert-OH is 1. The molecule has 1 N–H and O–H groups in total. The molecule has 5 nitrogen and oxygen atoms in total. The summed E-state index contributed by atoms with van der Waals surface area (Å²) >= 11 is 0. The minimum absolute atomic E-state index is 0.326. The normalized spacial score (nSPS) is 23.6. The summed E-state index contributed by atoms with van der Waals surface area (Å²) in [6.07, 6.45) is 0.614. The number of rotatable bonds is 2. The van der Waals surface area contributed by atoms with Gasteiger partial charge in [-0.1, -0.05) is 25.1 Å². The monoisotopic (exact) mass is 259 g/mol. The van der Waals surface area contributed by atoms with Crippen LogP contribution < -0.4 is 4.90 Å². The average molecular weight is 259 g/mol. The minimum atomic E-state index is -0.326. The molecule has 0 spiro atoms. The first kappa shape index (κ1) is 12.2. The van der Waals surface area contributed by atoms with Gasteiger partial charge in [-0.05, 0) is 29.6 Å². The molecule has 2 aromatic rings. The smallest absolute Gasteiger partial charge is 0.266 e. The van der Waals surface area contributed by atoms with E-state index in [0.717, 1.165) is 18.5 Å².